The number of nitrogens with zero attached hydrogens (tertiary/aromatic N) is 2. The molecule has 16 heavy (non-hydrogen) atoms. The highest BCUT2D eigenvalue weighted by Crippen LogP contribution is 2.28. The van der Waals surface area contributed by atoms with Gasteiger partial charge in [0.15, 0.2) is 0 Å². The Labute approximate surface area is 101 Å². The van der Waals surface area contributed by atoms with Crippen LogP contribution in [0, 0.1) is 6.92 Å². The summed E-state index contributed by atoms with van der Waals surface area (Å²) in [5, 5.41) is 0. The minimum Gasteiger partial charge on any atom is -0.464 e. The summed E-state index contributed by atoms with van der Waals surface area (Å²) in [7, 11) is 1.81. The van der Waals surface area contributed by atoms with Gasteiger partial charge >= 0.3 is 6.03 Å². The summed E-state index contributed by atoms with van der Waals surface area (Å²) in [6.07, 6.45) is 0. The fraction of sp³-hybridized carbons (Fsp3) is 0.545. The molecule has 1 aliphatic heterocycles. The zero-order chi connectivity index (χ0) is 11.7. The van der Waals surface area contributed by atoms with Crippen molar-refractivity contribution >= 4 is 18.7 Å². The quantitative estimate of drug-likeness (QED) is 0.820. The molecule has 0 N–H and O–H groups in total. The first-order valence-electron chi connectivity index (χ1n) is 5.32. The summed E-state index contributed by atoms with van der Waals surface area (Å²) in [4.78, 5) is 15.4. The van der Waals surface area contributed by atoms with Gasteiger partial charge in [0.05, 0.1) is 6.54 Å². The van der Waals surface area contributed by atoms with Crippen molar-refractivity contribution in [1.82, 2.24) is 9.80 Å². The van der Waals surface area contributed by atoms with Gasteiger partial charge in [-0.05, 0) is 19.1 Å². The summed E-state index contributed by atoms with van der Waals surface area (Å²) >= 11 is 4.15. The Bertz CT molecular complexity index is 391. The van der Waals surface area contributed by atoms with Crippen molar-refractivity contribution in [3.63, 3.8) is 0 Å². The third-order valence-electron chi connectivity index (χ3n) is 2.89. The van der Waals surface area contributed by atoms with Crippen LogP contribution in [0.3, 0.4) is 0 Å². The zero-order valence-corrected chi connectivity index (χ0v) is 10.4. The normalized spacial score (nSPS) is 20.9. The first-order chi connectivity index (χ1) is 7.63. The number of hydrogen-bond donors (Lipinski definition) is 1. The highest BCUT2D eigenvalue weighted by molar-refractivity contribution is 7.80. The van der Waals surface area contributed by atoms with Crippen LogP contribution in [0.2, 0.25) is 0 Å². The molecule has 88 valence electrons. The molecule has 1 aromatic rings. The van der Waals surface area contributed by atoms with Gasteiger partial charge in [0.2, 0.25) is 0 Å². The number of carbonyl (C=O) groups excluding carboxylic acids is 1. The maximum atomic E-state index is 11.9. The van der Waals surface area contributed by atoms with Gasteiger partial charge < -0.3 is 14.2 Å². The van der Waals surface area contributed by atoms with E-state index < -0.39 is 0 Å². The van der Waals surface area contributed by atoms with E-state index in [2.05, 4.69) is 12.6 Å². The van der Waals surface area contributed by atoms with E-state index >= 15 is 0 Å². The van der Waals surface area contributed by atoms with Crippen molar-refractivity contribution in [2.75, 3.05) is 25.9 Å². The molecule has 1 atom stereocenters. The summed E-state index contributed by atoms with van der Waals surface area (Å²) in [5.74, 6) is 2.42. The van der Waals surface area contributed by atoms with Crippen LogP contribution in [0.15, 0.2) is 16.5 Å². The lowest BCUT2D eigenvalue weighted by atomic mass is 10.2. The van der Waals surface area contributed by atoms with Crippen LogP contribution in [-0.2, 0) is 0 Å². The van der Waals surface area contributed by atoms with E-state index in [0.717, 1.165) is 11.5 Å². The molecule has 2 rings (SSSR count). The molecular weight excluding hydrogens is 224 g/mol. The van der Waals surface area contributed by atoms with Crippen LogP contribution in [0.1, 0.15) is 17.6 Å². The second-order valence-corrected chi connectivity index (χ2v) is 4.47. The van der Waals surface area contributed by atoms with E-state index in [1.54, 1.807) is 9.80 Å². The molecule has 2 amide bonds. The van der Waals surface area contributed by atoms with Crippen LogP contribution in [0.5, 0.6) is 0 Å². The van der Waals surface area contributed by atoms with Gasteiger partial charge in [-0.15, -0.1) is 0 Å². The summed E-state index contributed by atoms with van der Waals surface area (Å²) in [5.41, 5.74) is 0. The third-order valence-corrected chi connectivity index (χ3v) is 3.09. The number of urea groups is 1. The monoisotopic (exact) mass is 240 g/mol. The number of thiol groups is 1. The molecule has 5 heteroatoms. The van der Waals surface area contributed by atoms with Gasteiger partial charge in [-0.25, -0.2) is 4.79 Å². The van der Waals surface area contributed by atoms with E-state index in [1.165, 1.54) is 0 Å². The number of furan rings is 1. The summed E-state index contributed by atoms with van der Waals surface area (Å²) in [6.45, 7) is 3.27. The number of carbonyl (C=O) groups is 1. The topological polar surface area (TPSA) is 36.7 Å². The highest BCUT2D eigenvalue weighted by atomic mass is 32.1. The van der Waals surface area contributed by atoms with Gasteiger partial charge in [-0.3, -0.25) is 0 Å². The number of amides is 2. The molecule has 1 fully saturated rings. The van der Waals surface area contributed by atoms with Crippen molar-refractivity contribution in [2.24, 2.45) is 0 Å². The van der Waals surface area contributed by atoms with Gasteiger partial charge in [-0.1, -0.05) is 0 Å². The largest absolute Gasteiger partial charge is 0.464 e. The second kappa shape index (κ2) is 4.41. The Kier molecular flexibility index (Phi) is 3.14. The molecule has 0 bridgehead atoms. The third kappa shape index (κ3) is 1.91. The summed E-state index contributed by atoms with van der Waals surface area (Å²) < 4.78 is 5.57. The predicted molar refractivity (Wildman–Crippen MR) is 64.8 cm³/mol. The fourth-order valence-corrected chi connectivity index (χ4v) is 2.23. The molecule has 1 unspecified atom stereocenters. The Morgan fingerprint density at radius 3 is 2.88 bits per heavy atom. The number of rotatable bonds is 3. The highest BCUT2D eigenvalue weighted by Gasteiger charge is 2.36. The standard InChI is InChI=1S/C11H16N2O2S/c1-8-3-4-10(15-8)9-7-13(5-6-16)11(14)12(9)2/h3-4,9,16H,5-7H2,1-2H3. The molecule has 0 radical (unpaired) electrons. The van der Waals surface area contributed by atoms with Crippen molar-refractivity contribution in [3.05, 3.63) is 23.7 Å². The van der Waals surface area contributed by atoms with E-state index in [0.29, 0.717) is 18.8 Å². The molecule has 1 saturated heterocycles. The van der Waals surface area contributed by atoms with Crippen LogP contribution in [-0.4, -0.2) is 41.7 Å². The Hall–Kier alpha value is -1.10. The minimum absolute atomic E-state index is 0.0288. The van der Waals surface area contributed by atoms with Gasteiger partial charge in [0.1, 0.15) is 17.6 Å². The Morgan fingerprint density at radius 2 is 2.31 bits per heavy atom. The van der Waals surface area contributed by atoms with Crippen LogP contribution in [0.4, 0.5) is 4.79 Å². The number of aryl methyl sites for hydroxylation is 1. The van der Waals surface area contributed by atoms with Crippen molar-refractivity contribution < 1.29 is 9.21 Å². The zero-order valence-electron chi connectivity index (χ0n) is 9.51. The lowest BCUT2D eigenvalue weighted by Gasteiger charge is -2.15. The van der Waals surface area contributed by atoms with Crippen molar-refractivity contribution in [3.8, 4) is 0 Å². The summed E-state index contributed by atoms with van der Waals surface area (Å²) in [6, 6.07) is 3.94. The average Bonchev–Trinajstić information content (AvgIpc) is 2.78. The first-order valence-corrected chi connectivity index (χ1v) is 5.95. The van der Waals surface area contributed by atoms with Crippen molar-refractivity contribution in [2.45, 2.75) is 13.0 Å². The van der Waals surface area contributed by atoms with E-state index in [9.17, 15) is 4.79 Å². The lowest BCUT2D eigenvalue weighted by Crippen LogP contribution is -2.30. The lowest BCUT2D eigenvalue weighted by molar-refractivity contribution is 0.195. The SMILES string of the molecule is Cc1ccc(C2CN(CCS)C(=O)N2C)o1. The van der Waals surface area contributed by atoms with Crippen molar-refractivity contribution in [1.29, 1.82) is 0 Å². The minimum atomic E-state index is 0.0288. The van der Waals surface area contributed by atoms with Crippen LogP contribution in [0.25, 0.3) is 0 Å². The average molecular weight is 240 g/mol. The molecule has 0 aromatic carbocycles. The molecule has 1 aliphatic rings. The van der Waals surface area contributed by atoms with E-state index in [-0.39, 0.29) is 12.1 Å². The Balaban J connectivity index is 2.15. The second-order valence-electron chi connectivity index (χ2n) is 4.03. The van der Waals surface area contributed by atoms with E-state index in [1.807, 2.05) is 26.1 Å². The molecule has 0 aliphatic carbocycles. The van der Waals surface area contributed by atoms with Gasteiger partial charge in [-0.2, -0.15) is 12.6 Å². The molecule has 2 heterocycles. The molecule has 0 saturated carbocycles. The molecule has 0 spiro atoms. The predicted octanol–water partition coefficient (Wildman–Crippen LogP) is 1.93. The Morgan fingerprint density at radius 1 is 1.56 bits per heavy atom. The smallest absolute Gasteiger partial charge is 0.320 e. The number of hydrogen-bond acceptors (Lipinski definition) is 3. The number of likely N-dealkylation sites (N-methyl/N-ethyl adjacent to an activating group) is 1. The van der Waals surface area contributed by atoms with Gasteiger partial charge in [0.25, 0.3) is 0 Å². The van der Waals surface area contributed by atoms with Crippen LogP contribution >= 0.6 is 12.6 Å². The first kappa shape index (κ1) is 11.4. The fourth-order valence-electron chi connectivity index (χ4n) is 1.99. The van der Waals surface area contributed by atoms with Crippen LogP contribution < -0.4 is 0 Å². The van der Waals surface area contributed by atoms with Gasteiger partial charge in [0, 0.05) is 19.3 Å². The maximum absolute atomic E-state index is 11.9. The molecule has 4 nitrogen and oxygen atoms in total. The molecule has 1 aromatic heterocycles. The maximum Gasteiger partial charge on any atom is 0.320 e. The molecular formula is C11H16N2O2S. The van der Waals surface area contributed by atoms with E-state index in [4.69, 9.17) is 4.42 Å².